The fraction of sp³-hybridized carbons (Fsp3) is 0. The number of aromatic amines is 1. The van der Waals surface area contributed by atoms with Crippen LogP contribution in [0.5, 0.6) is 0 Å². The molecule has 3 rings (SSSR count). The number of rotatable bonds is 1. The lowest BCUT2D eigenvalue weighted by molar-refractivity contribution is 1.00. The van der Waals surface area contributed by atoms with E-state index in [1.165, 1.54) is 6.20 Å². The van der Waals surface area contributed by atoms with Crippen LogP contribution in [0, 0.1) is 0 Å². The average Bonchev–Trinajstić information content (AvgIpc) is 2.39. The van der Waals surface area contributed by atoms with Gasteiger partial charge in [0.05, 0.1) is 22.8 Å². The van der Waals surface area contributed by atoms with E-state index in [1.54, 1.807) is 18.5 Å². The van der Waals surface area contributed by atoms with Gasteiger partial charge in [-0.3, -0.25) is 14.8 Å². The maximum atomic E-state index is 11.8. The van der Waals surface area contributed by atoms with E-state index in [2.05, 4.69) is 20.2 Å². The molecule has 3 heterocycles. The molecule has 0 saturated carbocycles. The van der Waals surface area contributed by atoms with E-state index >= 15 is 0 Å². The summed E-state index contributed by atoms with van der Waals surface area (Å²) in [6.45, 7) is 0. The Hall–Kier alpha value is -2.56. The molecule has 0 aliphatic carbocycles. The van der Waals surface area contributed by atoms with Crippen LogP contribution < -0.4 is 5.56 Å². The Bertz CT molecular complexity index is 716. The van der Waals surface area contributed by atoms with Crippen molar-refractivity contribution < 1.29 is 0 Å². The number of nitrogens with one attached hydrogen (secondary N) is 1. The number of aromatic nitrogens is 4. The molecule has 0 aliphatic heterocycles. The minimum Gasteiger partial charge on any atom is -0.267 e. The van der Waals surface area contributed by atoms with Gasteiger partial charge in [0.2, 0.25) is 0 Å². The molecule has 17 heavy (non-hydrogen) atoms. The topological polar surface area (TPSA) is 71.5 Å². The average molecular weight is 224 g/mol. The first-order valence-electron chi connectivity index (χ1n) is 5.10. The van der Waals surface area contributed by atoms with Crippen LogP contribution >= 0.6 is 0 Å². The van der Waals surface area contributed by atoms with Crippen LogP contribution in [0.1, 0.15) is 0 Å². The quantitative estimate of drug-likeness (QED) is 0.677. The maximum Gasteiger partial charge on any atom is 0.274 e. The van der Waals surface area contributed by atoms with Crippen molar-refractivity contribution >= 4 is 10.9 Å². The second-order valence-corrected chi connectivity index (χ2v) is 3.53. The fourth-order valence-electron chi connectivity index (χ4n) is 1.76. The summed E-state index contributed by atoms with van der Waals surface area (Å²) >= 11 is 0. The molecule has 0 radical (unpaired) electrons. The Kier molecular flexibility index (Phi) is 2.15. The summed E-state index contributed by atoms with van der Waals surface area (Å²) in [7, 11) is 0. The Balaban J connectivity index is 2.42. The predicted molar refractivity (Wildman–Crippen MR) is 63.4 cm³/mol. The first kappa shape index (κ1) is 9.65. The smallest absolute Gasteiger partial charge is 0.267 e. The van der Waals surface area contributed by atoms with Crippen LogP contribution in [-0.2, 0) is 0 Å². The molecule has 0 saturated heterocycles. The first-order chi connectivity index (χ1) is 8.36. The monoisotopic (exact) mass is 224 g/mol. The standard InChI is InChI=1S/C12H8N4O/c17-12-11-8(9-3-1-2-5-13-9)4-6-14-10(11)7-15-16-12/h1-7H,(H,16,17). The van der Waals surface area contributed by atoms with Gasteiger partial charge in [0.25, 0.3) is 5.56 Å². The Labute approximate surface area is 96.2 Å². The van der Waals surface area contributed by atoms with Crippen molar-refractivity contribution in [1.82, 2.24) is 20.2 Å². The third-order valence-corrected chi connectivity index (χ3v) is 2.50. The molecular formula is C12H8N4O. The van der Waals surface area contributed by atoms with Crippen LogP contribution in [0.4, 0.5) is 0 Å². The van der Waals surface area contributed by atoms with E-state index in [-0.39, 0.29) is 5.56 Å². The van der Waals surface area contributed by atoms with Gasteiger partial charge in [0.1, 0.15) is 0 Å². The Morgan fingerprint density at radius 1 is 1.06 bits per heavy atom. The zero-order chi connectivity index (χ0) is 11.7. The summed E-state index contributed by atoms with van der Waals surface area (Å²) in [5.74, 6) is 0. The van der Waals surface area contributed by atoms with E-state index in [1.807, 2.05) is 18.2 Å². The second-order valence-electron chi connectivity index (χ2n) is 3.53. The fourth-order valence-corrected chi connectivity index (χ4v) is 1.76. The van der Waals surface area contributed by atoms with Gasteiger partial charge in [-0.1, -0.05) is 6.07 Å². The molecule has 0 unspecified atom stereocenters. The molecule has 0 spiro atoms. The van der Waals surface area contributed by atoms with Gasteiger partial charge in [-0.05, 0) is 18.2 Å². The molecule has 3 aromatic heterocycles. The highest BCUT2D eigenvalue weighted by Crippen LogP contribution is 2.21. The molecular weight excluding hydrogens is 216 g/mol. The number of nitrogens with zero attached hydrogens (tertiary/aromatic N) is 3. The molecule has 0 atom stereocenters. The van der Waals surface area contributed by atoms with Crippen LogP contribution in [0.25, 0.3) is 22.2 Å². The third kappa shape index (κ3) is 1.57. The first-order valence-corrected chi connectivity index (χ1v) is 5.10. The second kappa shape index (κ2) is 3.79. The van der Waals surface area contributed by atoms with Crippen LogP contribution in [0.3, 0.4) is 0 Å². The zero-order valence-corrected chi connectivity index (χ0v) is 8.79. The van der Waals surface area contributed by atoms with Crippen molar-refractivity contribution in [2.24, 2.45) is 0 Å². The van der Waals surface area contributed by atoms with Crippen molar-refractivity contribution in [2.75, 3.05) is 0 Å². The molecule has 82 valence electrons. The van der Waals surface area contributed by atoms with Gasteiger partial charge in [0, 0.05) is 18.0 Å². The molecule has 0 amide bonds. The van der Waals surface area contributed by atoms with Gasteiger partial charge in [-0.25, -0.2) is 5.10 Å². The summed E-state index contributed by atoms with van der Waals surface area (Å²) in [6.07, 6.45) is 4.87. The van der Waals surface area contributed by atoms with E-state index in [0.717, 1.165) is 11.3 Å². The highest BCUT2D eigenvalue weighted by molar-refractivity contribution is 5.91. The lowest BCUT2D eigenvalue weighted by Crippen LogP contribution is -2.09. The number of hydrogen-bond donors (Lipinski definition) is 1. The molecule has 5 nitrogen and oxygen atoms in total. The van der Waals surface area contributed by atoms with Crippen molar-refractivity contribution in [3.8, 4) is 11.3 Å². The van der Waals surface area contributed by atoms with Crippen molar-refractivity contribution in [1.29, 1.82) is 0 Å². The number of H-pyrrole nitrogens is 1. The lowest BCUT2D eigenvalue weighted by Gasteiger charge is -2.03. The maximum absolute atomic E-state index is 11.8. The number of hydrogen-bond acceptors (Lipinski definition) is 4. The Morgan fingerprint density at radius 3 is 2.82 bits per heavy atom. The van der Waals surface area contributed by atoms with Gasteiger partial charge in [0.15, 0.2) is 0 Å². The molecule has 0 fully saturated rings. The summed E-state index contributed by atoms with van der Waals surface area (Å²) in [6, 6.07) is 7.34. The highest BCUT2D eigenvalue weighted by atomic mass is 16.1. The molecule has 0 aromatic carbocycles. The van der Waals surface area contributed by atoms with Crippen LogP contribution in [-0.4, -0.2) is 20.2 Å². The normalized spacial score (nSPS) is 10.6. The number of pyridine rings is 2. The summed E-state index contributed by atoms with van der Waals surface area (Å²) in [5, 5.41) is 6.65. The summed E-state index contributed by atoms with van der Waals surface area (Å²) < 4.78 is 0. The van der Waals surface area contributed by atoms with Gasteiger partial charge in [-0.2, -0.15) is 5.10 Å². The van der Waals surface area contributed by atoms with Gasteiger partial charge in [-0.15, -0.1) is 0 Å². The molecule has 3 aromatic rings. The summed E-state index contributed by atoms with van der Waals surface area (Å²) in [4.78, 5) is 20.1. The van der Waals surface area contributed by atoms with E-state index in [9.17, 15) is 4.79 Å². The minimum atomic E-state index is -0.253. The third-order valence-electron chi connectivity index (χ3n) is 2.50. The minimum absolute atomic E-state index is 0.253. The molecule has 0 bridgehead atoms. The highest BCUT2D eigenvalue weighted by Gasteiger charge is 2.08. The number of fused-ring (bicyclic) bond motifs is 1. The van der Waals surface area contributed by atoms with E-state index in [0.29, 0.717) is 10.9 Å². The van der Waals surface area contributed by atoms with E-state index < -0.39 is 0 Å². The van der Waals surface area contributed by atoms with Crippen LogP contribution in [0.15, 0.2) is 47.7 Å². The predicted octanol–water partition coefficient (Wildman–Crippen LogP) is 1.38. The van der Waals surface area contributed by atoms with Gasteiger partial charge < -0.3 is 0 Å². The molecule has 5 heteroatoms. The Morgan fingerprint density at radius 2 is 2.00 bits per heavy atom. The van der Waals surface area contributed by atoms with Crippen molar-refractivity contribution in [3.05, 3.63) is 53.2 Å². The van der Waals surface area contributed by atoms with Crippen molar-refractivity contribution in [3.63, 3.8) is 0 Å². The van der Waals surface area contributed by atoms with Crippen molar-refractivity contribution in [2.45, 2.75) is 0 Å². The summed E-state index contributed by atoms with van der Waals surface area (Å²) in [5.41, 5.74) is 1.82. The molecule has 0 aliphatic rings. The van der Waals surface area contributed by atoms with Crippen LogP contribution in [0.2, 0.25) is 0 Å². The lowest BCUT2D eigenvalue weighted by atomic mass is 10.1. The van der Waals surface area contributed by atoms with Gasteiger partial charge >= 0.3 is 0 Å². The zero-order valence-electron chi connectivity index (χ0n) is 8.79. The van der Waals surface area contributed by atoms with E-state index in [4.69, 9.17) is 0 Å². The largest absolute Gasteiger partial charge is 0.274 e. The molecule has 1 N–H and O–H groups in total. The SMILES string of the molecule is O=c1[nH]ncc2nccc(-c3ccccn3)c12.